The zero-order valence-corrected chi connectivity index (χ0v) is 18.4. The molecule has 2 aliphatic rings. The van der Waals surface area contributed by atoms with E-state index in [1.54, 1.807) is 26.7 Å². The average molecular weight is 444 g/mol. The molecule has 1 fully saturated rings. The monoisotopic (exact) mass is 443 g/mol. The Morgan fingerprint density at radius 1 is 1.22 bits per heavy atom. The Bertz CT molecular complexity index is 971. The summed E-state index contributed by atoms with van der Waals surface area (Å²) in [4.78, 5) is 28.8. The number of piperidine rings is 1. The van der Waals surface area contributed by atoms with E-state index in [4.69, 9.17) is 14.6 Å². The van der Waals surface area contributed by atoms with Gasteiger partial charge in [-0.1, -0.05) is 6.07 Å². The summed E-state index contributed by atoms with van der Waals surface area (Å²) in [6.45, 7) is 3.35. The molecule has 0 radical (unpaired) electrons. The molecule has 0 spiro atoms. The summed E-state index contributed by atoms with van der Waals surface area (Å²) in [6, 6.07) is 5.24. The first-order valence-electron chi connectivity index (χ1n) is 10.9. The van der Waals surface area contributed by atoms with Crippen LogP contribution in [-0.2, 0) is 16.0 Å². The number of hydrogen-bond donors (Lipinski definition) is 2. The number of ether oxygens (including phenoxy) is 2. The average Bonchev–Trinajstić information content (AvgIpc) is 3.27. The summed E-state index contributed by atoms with van der Waals surface area (Å²) < 4.78 is 12.4. The molecule has 172 valence electrons. The second-order valence-electron chi connectivity index (χ2n) is 8.04. The van der Waals surface area contributed by atoms with Crippen LogP contribution in [0.3, 0.4) is 0 Å². The van der Waals surface area contributed by atoms with Gasteiger partial charge in [0, 0.05) is 11.8 Å². The number of methoxy groups -OCH3 is 1. The van der Waals surface area contributed by atoms with Crippen LogP contribution >= 0.6 is 0 Å². The molecule has 0 aliphatic carbocycles. The third-order valence-corrected chi connectivity index (χ3v) is 5.81. The van der Waals surface area contributed by atoms with E-state index in [1.807, 2.05) is 25.3 Å². The molecular formula is C22H29N5O5. The normalized spacial score (nSPS) is 20.6. The van der Waals surface area contributed by atoms with Crippen LogP contribution < -0.4 is 15.1 Å². The van der Waals surface area contributed by atoms with Crippen LogP contribution in [0.25, 0.3) is 11.1 Å². The van der Waals surface area contributed by atoms with Gasteiger partial charge < -0.3 is 14.6 Å². The largest absolute Gasteiger partial charge is 0.452 e. The Morgan fingerprint density at radius 3 is 2.78 bits per heavy atom. The first-order valence-corrected chi connectivity index (χ1v) is 10.9. The highest BCUT2D eigenvalue weighted by Crippen LogP contribution is 2.39. The van der Waals surface area contributed by atoms with Crippen molar-refractivity contribution in [2.45, 2.75) is 45.0 Å². The molecule has 10 nitrogen and oxygen atoms in total. The minimum atomic E-state index is -0.482. The van der Waals surface area contributed by atoms with E-state index in [-0.39, 0.29) is 25.4 Å². The number of nitrogens with one attached hydrogen (secondary N) is 1. The third-order valence-electron chi connectivity index (χ3n) is 5.81. The molecule has 3 heterocycles. The van der Waals surface area contributed by atoms with Gasteiger partial charge in [0.25, 0.3) is 0 Å². The topological polar surface area (TPSA) is 109 Å². The van der Waals surface area contributed by atoms with Crippen molar-refractivity contribution < 1.29 is 24.2 Å². The number of nitrogens with zero attached hydrogens (tertiary/aromatic N) is 4. The highest BCUT2D eigenvalue weighted by Gasteiger charge is 2.37. The predicted octanol–water partition coefficient (Wildman–Crippen LogP) is 2.56. The van der Waals surface area contributed by atoms with E-state index in [1.165, 1.54) is 7.11 Å². The van der Waals surface area contributed by atoms with E-state index in [0.717, 1.165) is 36.9 Å². The molecule has 1 aromatic carbocycles. The van der Waals surface area contributed by atoms with Crippen molar-refractivity contribution in [1.29, 1.82) is 0 Å². The lowest BCUT2D eigenvalue weighted by molar-refractivity contribution is 0.0659. The molecule has 2 aromatic rings. The predicted molar refractivity (Wildman–Crippen MR) is 119 cm³/mol. The van der Waals surface area contributed by atoms with Crippen molar-refractivity contribution in [2.24, 2.45) is 0 Å². The maximum Gasteiger partial charge on any atom is 0.416 e. The summed E-state index contributed by atoms with van der Waals surface area (Å²) in [5, 5.41) is 16.6. The Kier molecular flexibility index (Phi) is 6.61. The van der Waals surface area contributed by atoms with Gasteiger partial charge in [-0.05, 0) is 50.4 Å². The summed E-state index contributed by atoms with van der Waals surface area (Å²) in [5.74, 6) is 0. The molecule has 32 heavy (non-hydrogen) atoms. The van der Waals surface area contributed by atoms with Crippen LogP contribution in [-0.4, -0.2) is 66.1 Å². The third kappa shape index (κ3) is 4.42. The molecular weight excluding hydrogens is 414 g/mol. The second kappa shape index (κ2) is 9.58. The number of rotatable bonds is 4. The molecule has 4 rings (SSSR count). The quantitative estimate of drug-likeness (QED) is 0.747. The lowest BCUT2D eigenvalue weighted by atomic mass is 10.0. The van der Waals surface area contributed by atoms with Gasteiger partial charge in [-0.3, -0.25) is 19.8 Å². The second-order valence-corrected chi connectivity index (χ2v) is 8.04. The number of aromatic nitrogens is 2. The van der Waals surface area contributed by atoms with Gasteiger partial charge in [0.05, 0.1) is 50.4 Å². The van der Waals surface area contributed by atoms with E-state index < -0.39 is 12.2 Å². The number of anilines is 2. The Balaban J connectivity index is 1.69. The molecule has 1 aromatic heterocycles. The van der Waals surface area contributed by atoms with Crippen LogP contribution in [0.5, 0.6) is 0 Å². The van der Waals surface area contributed by atoms with Gasteiger partial charge in [-0.15, -0.1) is 0 Å². The lowest BCUT2D eigenvalue weighted by Crippen LogP contribution is -2.53. The molecule has 2 aliphatic heterocycles. The molecule has 2 atom stereocenters. The zero-order valence-electron chi connectivity index (χ0n) is 18.4. The highest BCUT2D eigenvalue weighted by molar-refractivity contribution is 6.01. The van der Waals surface area contributed by atoms with Gasteiger partial charge in [-0.25, -0.2) is 9.59 Å². The fourth-order valence-electron chi connectivity index (χ4n) is 4.20. The molecule has 1 unspecified atom stereocenters. The standard InChI is InChI=1S/C22H29N5O5/c1-15-13-26(21(29)32-20-5-3-4-8-23-20)19-11-16(17-12-24-25(14-17)9-10-28)6-7-18(19)27(15)22(30)31-2/h6-7,11-12,14-15,20,23,28H,3-5,8-10,13H2,1-2H3/t15-,20?/m0/s1. The fraction of sp³-hybridized carbons (Fsp3) is 0.500. The molecule has 2 amide bonds. The van der Waals surface area contributed by atoms with Crippen LogP contribution in [0.1, 0.15) is 26.2 Å². The molecule has 10 heteroatoms. The van der Waals surface area contributed by atoms with Crippen molar-refractivity contribution in [2.75, 3.05) is 36.6 Å². The summed E-state index contributed by atoms with van der Waals surface area (Å²) in [5.41, 5.74) is 2.82. The minimum absolute atomic E-state index is 0.00783. The van der Waals surface area contributed by atoms with Gasteiger partial charge in [-0.2, -0.15) is 5.10 Å². The molecule has 2 N–H and O–H groups in total. The van der Waals surface area contributed by atoms with Crippen LogP contribution in [0.2, 0.25) is 0 Å². The number of fused-ring (bicyclic) bond motifs is 1. The van der Waals surface area contributed by atoms with Crippen molar-refractivity contribution in [1.82, 2.24) is 15.1 Å². The Labute approximate surface area is 186 Å². The summed E-state index contributed by atoms with van der Waals surface area (Å²) in [6.07, 6.45) is 5.15. The van der Waals surface area contributed by atoms with Crippen molar-refractivity contribution in [3.63, 3.8) is 0 Å². The fourth-order valence-corrected chi connectivity index (χ4v) is 4.20. The van der Waals surface area contributed by atoms with E-state index in [9.17, 15) is 9.59 Å². The highest BCUT2D eigenvalue weighted by atomic mass is 16.6. The summed E-state index contributed by atoms with van der Waals surface area (Å²) in [7, 11) is 1.34. The zero-order chi connectivity index (χ0) is 22.7. The van der Waals surface area contributed by atoms with Crippen molar-refractivity contribution >= 4 is 23.6 Å². The smallest absolute Gasteiger partial charge is 0.416 e. The van der Waals surface area contributed by atoms with Crippen LogP contribution in [0, 0.1) is 0 Å². The number of amides is 2. The summed E-state index contributed by atoms with van der Waals surface area (Å²) >= 11 is 0. The number of benzene rings is 1. The number of carbonyl (C=O) groups excluding carboxylic acids is 2. The van der Waals surface area contributed by atoms with Gasteiger partial charge in [0.2, 0.25) is 0 Å². The van der Waals surface area contributed by atoms with Crippen molar-refractivity contribution in [3.05, 3.63) is 30.6 Å². The van der Waals surface area contributed by atoms with E-state index >= 15 is 0 Å². The first kappa shape index (κ1) is 22.1. The first-order chi connectivity index (χ1) is 15.5. The molecule has 0 saturated carbocycles. The number of aliphatic hydroxyl groups is 1. The van der Waals surface area contributed by atoms with Gasteiger partial charge in [0.1, 0.15) is 0 Å². The maximum atomic E-state index is 13.1. The van der Waals surface area contributed by atoms with Crippen LogP contribution in [0.15, 0.2) is 30.6 Å². The van der Waals surface area contributed by atoms with E-state index in [0.29, 0.717) is 17.9 Å². The van der Waals surface area contributed by atoms with E-state index in [2.05, 4.69) is 10.4 Å². The minimum Gasteiger partial charge on any atom is -0.452 e. The molecule has 0 bridgehead atoms. The number of carbonyl (C=O) groups is 2. The SMILES string of the molecule is COC(=O)N1c2ccc(-c3cnn(CCO)c3)cc2N(C(=O)OC2CCCCN2)C[C@@H]1C. The molecule has 1 saturated heterocycles. The van der Waals surface area contributed by atoms with Crippen LogP contribution in [0.4, 0.5) is 21.0 Å². The van der Waals surface area contributed by atoms with Gasteiger partial charge >= 0.3 is 12.2 Å². The number of hydrogen-bond acceptors (Lipinski definition) is 7. The lowest BCUT2D eigenvalue weighted by Gasteiger charge is -2.40. The van der Waals surface area contributed by atoms with Gasteiger partial charge in [0.15, 0.2) is 6.23 Å². The Morgan fingerprint density at radius 2 is 2.06 bits per heavy atom. The van der Waals surface area contributed by atoms with Crippen molar-refractivity contribution in [3.8, 4) is 11.1 Å². The number of aliphatic hydroxyl groups excluding tert-OH is 1. The maximum absolute atomic E-state index is 13.1. The Hall–Kier alpha value is -3.11.